The Bertz CT molecular complexity index is 1140. The number of hydrogen-bond acceptors (Lipinski definition) is 3. The van der Waals surface area contributed by atoms with Crippen molar-refractivity contribution in [2.75, 3.05) is 26.2 Å². The molecule has 168 valence electrons. The van der Waals surface area contributed by atoms with E-state index in [1.165, 1.54) is 46.8 Å². The fourth-order valence-electron chi connectivity index (χ4n) is 4.70. The Morgan fingerprint density at radius 2 is 1.66 bits per heavy atom. The van der Waals surface area contributed by atoms with Crippen LogP contribution >= 0.6 is 0 Å². The molecule has 0 amide bonds. The lowest BCUT2D eigenvalue weighted by Crippen LogP contribution is -2.25. The number of para-hydroxylation sites is 1. The van der Waals surface area contributed by atoms with Gasteiger partial charge in [0.1, 0.15) is 0 Å². The third-order valence-corrected chi connectivity index (χ3v) is 6.44. The van der Waals surface area contributed by atoms with Gasteiger partial charge in [0.05, 0.1) is 16.9 Å². The number of hydrogen-bond donors (Lipinski definition) is 1. The number of fused-ring (bicyclic) bond motifs is 3. The Morgan fingerprint density at radius 3 is 2.44 bits per heavy atom. The van der Waals surface area contributed by atoms with Gasteiger partial charge >= 0.3 is 0 Å². The first kappa shape index (κ1) is 22.5. The second kappa shape index (κ2) is 10.8. The smallest absolute Gasteiger partial charge is 0.0711 e. The molecule has 0 saturated heterocycles. The van der Waals surface area contributed by atoms with Crippen LogP contribution in [-0.2, 0) is 13.1 Å². The first-order chi connectivity index (χ1) is 15.7. The maximum Gasteiger partial charge on any atom is 0.0711 e. The van der Waals surface area contributed by atoms with Crippen molar-refractivity contribution in [3.8, 4) is 0 Å². The van der Waals surface area contributed by atoms with E-state index in [0.717, 1.165) is 44.1 Å². The van der Waals surface area contributed by atoms with E-state index in [1.807, 2.05) is 0 Å². The van der Waals surface area contributed by atoms with Crippen molar-refractivity contribution < 1.29 is 0 Å². The number of aryl methyl sites for hydroxylation is 1. The predicted octanol–water partition coefficient (Wildman–Crippen LogP) is 5.76. The maximum atomic E-state index is 4.98. The molecule has 0 aliphatic rings. The molecule has 4 heteroatoms. The van der Waals surface area contributed by atoms with Crippen LogP contribution in [0.2, 0.25) is 0 Å². The fourth-order valence-corrected chi connectivity index (χ4v) is 4.70. The maximum absolute atomic E-state index is 4.98. The minimum absolute atomic E-state index is 0.820. The summed E-state index contributed by atoms with van der Waals surface area (Å²) >= 11 is 0. The van der Waals surface area contributed by atoms with Crippen LogP contribution in [0.15, 0.2) is 60.7 Å². The average Bonchev–Trinajstić information content (AvgIpc) is 3.13. The summed E-state index contributed by atoms with van der Waals surface area (Å²) in [6.07, 6.45) is 2.45. The van der Waals surface area contributed by atoms with E-state index in [1.54, 1.807) is 0 Å². The summed E-state index contributed by atoms with van der Waals surface area (Å²) in [6.45, 7) is 12.8. The van der Waals surface area contributed by atoms with Gasteiger partial charge in [-0.15, -0.1) is 0 Å². The SMILES string of the molecule is CCN(CC)CCCCNCc1cc2c3ccccc3n(Cc3ccccc3)c2c(C)n1. The number of rotatable bonds is 11. The molecule has 32 heavy (non-hydrogen) atoms. The molecule has 0 saturated carbocycles. The number of nitrogens with zero attached hydrogens (tertiary/aromatic N) is 3. The zero-order valence-electron chi connectivity index (χ0n) is 19.8. The van der Waals surface area contributed by atoms with Gasteiger partial charge in [0.25, 0.3) is 0 Å². The van der Waals surface area contributed by atoms with Crippen molar-refractivity contribution >= 4 is 21.8 Å². The van der Waals surface area contributed by atoms with Crippen molar-refractivity contribution in [1.82, 2.24) is 19.8 Å². The zero-order chi connectivity index (χ0) is 22.3. The molecule has 4 rings (SSSR count). The molecule has 2 aromatic heterocycles. The van der Waals surface area contributed by atoms with Crippen molar-refractivity contribution in [1.29, 1.82) is 0 Å². The van der Waals surface area contributed by atoms with Crippen LogP contribution in [-0.4, -0.2) is 40.6 Å². The van der Waals surface area contributed by atoms with E-state index >= 15 is 0 Å². The minimum atomic E-state index is 0.820. The molecule has 2 aromatic carbocycles. The summed E-state index contributed by atoms with van der Waals surface area (Å²) in [5.74, 6) is 0. The Hall–Kier alpha value is -2.69. The van der Waals surface area contributed by atoms with Gasteiger partial charge in [0.2, 0.25) is 0 Å². The largest absolute Gasteiger partial charge is 0.334 e. The summed E-state index contributed by atoms with van der Waals surface area (Å²) < 4.78 is 2.42. The van der Waals surface area contributed by atoms with E-state index in [4.69, 9.17) is 4.98 Å². The van der Waals surface area contributed by atoms with E-state index in [-0.39, 0.29) is 0 Å². The van der Waals surface area contributed by atoms with Gasteiger partial charge in [-0.25, -0.2) is 0 Å². The van der Waals surface area contributed by atoms with Crippen molar-refractivity contribution in [2.24, 2.45) is 0 Å². The van der Waals surface area contributed by atoms with E-state index in [0.29, 0.717) is 0 Å². The first-order valence-electron chi connectivity index (χ1n) is 12.1. The summed E-state index contributed by atoms with van der Waals surface area (Å²) in [5, 5.41) is 6.23. The van der Waals surface area contributed by atoms with Crippen molar-refractivity contribution in [3.05, 3.63) is 77.6 Å². The normalized spacial score (nSPS) is 11.8. The Balaban J connectivity index is 1.51. The number of unbranched alkanes of at least 4 members (excludes halogenated alkanes) is 1. The van der Waals surface area contributed by atoms with E-state index in [9.17, 15) is 0 Å². The van der Waals surface area contributed by atoms with Crippen LogP contribution in [0.1, 0.15) is 43.6 Å². The molecule has 2 heterocycles. The lowest BCUT2D eigenvalue weighted by atomic mass is 10.1. The quantitative estimate of drug-likeness (QED) is 0.308. The van der Waals surface area contributed by atoms with Gasteiger partial charge in [-0.2, -0.15) is 0 Å². The van der Waals surface area contributed by atoms with Crippen LogP contribution in [0.3, 0.4) is 0 Å². The van der Waals surface area contributed by atoms with Crippen LogP contribution in [0, 0.1) is 6.92 Å². The Morgan fingerprint density at radius 1 is 0.906 bits per heavy atom. The van der Waals surface area contributed by atoms with Crippen LogP contribution in [0.25, 0.3) is 21.8 Å². The fraction of sp³-hybridized carbons (Fsp3) is 0.393. The molecular weight excluding hydrogens is 392 g/mol. The van der Waals surface area contributed by atoms with Gasteiger partial charge in [0.15, 0.2) is 0 Å². The summed E-state index contributed by atoms with van der Waals surface area (Å²) in [7, 11) is 0. The van der Waals surface area contributed by atoms with Gasteiger partial charge < -0.3 is 14.8 Å². The Kier molecular flexibility index (Phi) is 7.56. The molecule has 0 atom stereocenters. The van der Waals surface area contributed by atoms with Crippen molar-refractivity contribution in [2.45, 2.75) is 46.7 Å². The number of aromatic nitrogens is 2. The number of nitrogens with one attached hydrogen (secondary N) is 1. The number of benzene rings is 2. The second-order valence-electron chi connectivity index (χ2n) is 8.59. The minimum Gasteiger partial charge on any atom is -0.334 e. The number of pyridine rings is 1. The molecule has 0 aliphatic heterocycles. The van der Waals surface area contributed by atoms with Crippen LogP contribution < -0.4 is 5.32 Å². The average molecular weight is 429 g/mol. The molecule has 0 unspecified atom stereocenters. The van der Waals surface area contributed by atoms with E-state index in [2.05, 4.69) is 96.2 Å². The lowest BCUT2D eigenvalue weighted by Gasteiger charge is -2.17. The highest BCUT2D eigenvalue weighted by Gasteiger charge is 2.15. The van der Waals surface area contributed by atoms with Gasteiger partial charge in [-0.1, -0.05) is 62.4 Å². The molecule has 4 aromatic rings. The highest BCUT2D eigenvalue weighted by Crippen LogP contribution is 2.31. The molecule has 0 bridgehead atoms. The summed E-state index contributed by atoms with van der Waals surface area (Å²) in [4.78, 5) is 7.47. The molecule has 0 aliphatic carbocycles. The first-order valence-corrected chi connectivity index (χ1v) is 12.1. The summed E-state index contributed by atoms with van der Waals surface area (Å²) in [6, 6.07) is 21.7. The molecule has 0 radical (unpaired) electrons. The predicted molar refractivity (Wildman–Crippen MR) is 136 cm³/mol. The monoisotopic (exact) mass is 428 g/mol. The third kappa shape index (κ3) is 5.03. The zero-order valence-corrected chi connectivity index (χ0v) is 19.8. The standard InChI is InChI=1S/C28H36N4/c1-4-31(5-2)18-12-11-17-29-20-24-19-26-25-15-9-10-16-27(25)32(28(26)22(3)30-24)21-23-13-7-6-8-14-23/h6-10,13-16,19,29H,4-5,11-12,17-18,20-21H2,1-3H3. The Labute approximate surface area is 192 Å². The summed E-state index contributed by atoms with van der Waals surface area (Å²) in [5.41, 5.74) is 6.06. The molecule has 0 fully saturated rings. The van der Waals surface area contributed by atoms with Gasteiger partial charge in [-0.3, -0.25) is 4.98 Å². The molecule has 4 nitrogen and oxygen atoms in total. The van der Waals surface area contributed by atoms with E-state index < -0.39 is 0 Å². The molecular formula is C28H36N4. The highest BCUT2D eigenvalue weighted by molar-refractivity contribution is 6.08. The van der Waals surface area contributed by atoms with Gasteiger partial charge in [0, 0.05) is 29.4 Å². The third-order valence-electron chi connectivity index (χ3n) is 6.44. The second-order valence-corrected chi connectivity index (χ2v) is 8.59. The molecule has 0 spiro atoms. The topological polar surface area (TPSA) is 33.1 Å². The lowest BCUT2D eigenvalue weighted by molar-refractivity contribution is 0.296. The van der Waals surface area contributed by atoms with Crippen molar-refractivity contribution in [3.63, 3.8) is 0 Å². The van der Waals surface area contributed by atoms with Crippen LogP contribution in [0.4, 0.5) is 0 Å². The molecule has 1 N–H and O–H groups in total. The van der Waals surface area contributed by atoms with Crippen LogP contribution in [0.5, 0.6) is 0 Å². The van der Waals surface area contributed by atoms with Gasteiger partial charge in [-0.05, 0) is 63.6 Å². The highest BCUT2D eigenvalue weighted by atomic mass is 15.1.